The first kappa shape index (κ1) is 16.8. The SMILES string of the molecule is CCOc1ccc(C(Br)c2cc(C)c(Br)s2)cc1OCC. The fourth-order valence-corrected chi connectivity index (χ4v) is 4.27. The van der Waals surface area contributed by atoms with Crippen molar-refractivity contribution in [2.45, 2.75) is 25.6 Å². The second-order valence-electron chi connectivity index (χ2n) is 4.54. The fraction of sp³-hybridized carbons (Fsp3) is 0.375. The lowest BCUT2D eigenvalue weighted by Crippen LogP contribution is -2.00. The Morgan fingerprint density at radius 3 is 2.33 bits per heavy atom. The average molecular weight is 434 g/mol. The molecule has 0 bridgehead atoms. The van der Waals surface area contributed by atoms with Gasteiger partial charge in [0.1, 0.15) is 0 Å². The Balaban J connectivity index is 2.32. The summed E-state index contributed by atoms with van der Waals surface area (Å²) in [4.78, 5) is 1.42. The Bertz CT molecular complexity index is 591. The summed E-state index contributed by atoms with van der Waals surface area (Å²) in [6.07, 6.45) is 0. The Kier molecular flexibility index (Phi) is 6.14. The van der Waals surface area contributed by atoms with Crippen molar-refractivity contribution in [3.05, 3.63) is 44.1 Å². The minimum absolute atomic E-state index is 0.155. The minimum atomic E-state index is 0.155. The van der Waals surface area contributed by atoms with E-state index >= 15 is 0 Å². The number of hydrogen-bond acceptors (Lipinski definition) is 3. The number of alkyl halides is 1. The lowest BCUT2D eigenvalue weighted by Gasteiger charge is -2.14. The van der Waals surface area contributed by atoms with Crippen LogP contribution in [0, 0.1) is 6.92 Å². The summed E-state index contributed by atoms with van der Waals surface area (Å²) in [7, 11) is 0. The smallest absolute Gasteiger partial charge is 0.161 e. The third kappa shape index (κ3) is 4.02. The Labute approximate surface area is 146 Å². The van der Waals surface area contributed by atoms with Crippen LogP contribution in [0.1, 0.15) is 34.7 Å². The van der Waals surface area contributed by atoms with Crippen LogP contribution in [-0.2, 0) is 0 Å². The summed E-state index contributed by atoms with van der Waals surface area (Å²) in [5, 5.41) is 0. The zero-order valence-corrected chi connectivity index (χ0v) is 16.3. The van der Waals surface area contributed by atoms with E-state index < -0.39 is 0 Å². The monoisotopic (exact) mass is 432 g/mol. The topological polar surface area (TPSA) is 18.5 Å². The van der Waals surface area contributed by atoms with Gasteiger partial charge in [0.05, 0.1) is 21.8 Å². The molecule has 114 valence electrons. The van der Waals surface area contributed by atoms with Crippen LogP contribution >= 0.6 is 43.2 Å². The van der Waals surface area contributed by atoms with E-state index in [-0.39, 0.29) is 4.83 Å². The lowest BCUT2D eigenvalue weighted by molar-refractivity contribution is 0.287. The molecule has 1 unspecified atom stereocenters. The molecule has 0 saturated heterocycles. The molecule has 0 aliphatic heterocycles. The number of benzene rings is 1. The molecule has 2 nitrogen and oxygen atoms in total. The predicted octanol–water partition coefficient (Wildman–Crippen LogP) is 6.10. The quantitative estimate of drug-likeness (QED) is 0.512. The molecule has 0 aliphatic carbocycles. The third-order valence-electron chi connectivity index (χ3n) is 2.99. The van der Waals surface area contributed by atoms with Gasteiger partial charge in [-0.15, -0.1) is 11.3 Å². The predicted molar refractivity (Wildman–Crippen MR) is 96.3 cm³/mol. The van der Waals surface area contributed by atoms with Gasteiger partial charge in [-0.3, -0.25) is 0 Å². The number of hydrogen-bond donors (Lipinski definition) is 0. The van der Waals surface area contributed by atoms with E-state index in [2.05, 4.69) is 57.0 Å². The highest BCUT2D eigenvalue weighted by Crippen LogP contribution is 2.41. The summed E-state index contributed by atoms with van der Waals surface area (Å²) in [5.74, 6) is 1.60. The third-order valence-corrected chi connectivity index (χ3v) is 6.51. The molecule has 21 heavy (non-hydrogen) atoms. The van der Waals surface area contributed by atoms with Gasteiger partial charge >= 0.3 is 0 Å². The Morgan fingerprint density at radius 1 is 1.10 bits per heavy atom. The molecule has 1 aromatic carbocycles. The van der Waals surface area contributed by atoms with Crippen LogP contribution in [0.25, 0.3) is 0 Å². The molecule has 2 aromatic rings. The zero-order chi connectivity index (χ0) is 15.4. The molecule has 0 N–H and O–H groups in total. The molecule has 0 amide bonds. The number of halogens is 2. The molecular weight excluding hydrogens is 416 g/mol. The van der Waals surface area contributed by atoms with Crippen molar-refractivity contribution in [1.82, 2.24) is 0 Å². The van der Waals surface area contributed by atoms with Gasteiger partial charge in [0.2, 0.25) is 0 Å². The van der Waals surface area contributed by atoms with Crippen molar-refractivity contribution in [2.24, 2.45) is 0 Å². The normalized spacial score (nSPS) is 12.2. The zero-order valence-electron chi connectivity index (χ0n) is 12.3. The van der Waals surface area contributed by atoms with Crippen molar-refractivity contribution in [3.63, 3.8) is 0 Å². The van der Waals surface area contributed by atoms with Crippen LogP contribution in [0.5, 0.6) is 11.5 Å². The molecule has 2 rings (SSSR count). The summed E-state index contributed by atoms with van der Waals surface area (Å²) in [5.41, 5.74) is 2.42. The largest absolute Gasteiger partial charge is 0.490 e. The summed E-state index contributed by atoms with van der Waals surface area (Å²) < 4.78 is 12.5. The molecule has 0 saturated carbocycles. The van der Waals surface area contributed by atoms with Gasteiger partial charge < -0.3 is 9.47 Å². The second kappa shape index (κ2) is 7.65. The minimum Gasteiger partial charge on any atom is -0.490 e. The van der Waals surface area contributed by atoms with Crippen molar-refractivity contribution in [3.8, 4) is 11.5 Å². The molecule has 0 radical (unpaired) electrons. The van der Waals surface area contributed by atoms with E-state index in [4.69, 9.17) is 9.47 Å². The molecule has 1 aromatic heterocycles. The molecule has 5 heteroatoms. The van der Waals surface area contributed by atoms with Crippen molar-refractivity contribution in [2.75, 3.05) is 13.2 Å². The first-order chi connectivity index (χ1) is 10.1. The van der Waals surface area contributed by atoms with E-state index in [1.54, 1.807) is 11.3 Å². The summed E-state index contributed by atoms with van der Waals surface area (Å²) in [6, 6.07) is 8.31. The van der Waals surface area contributed by atoms with Crippen molar-refractivity contribution >= 4 is 43.2 Å². The lowest BCUT2D eigenvalue weighted by atomic mass is 10.1. The van der Waals surface area contributed by atoms with Gasteiger partial charge in [-0.2, -0.15) is 0 Å². The highest BCUT2D eigenvalue weighted by molar-refractivity contribution is 9.11. The van der Waals surface area contributed by atoms with E-state index in [0.29, 0.717) is 13.2 Å². The van der Waals surface area contributed by atoms with E-state index in [1.165, 1.54) is 14.2 Å². The van der Waals surface area contributed by atoms with E-state index in [0.717, 1.165) is 17.1 Å². The van der Waals surface area contributed by atoms with Gasteiger partial charge in [-0.25, -0.2) is 0 Å². The van der Waals surface area contributed by atoms with Gasteiger partial charge in [0.25, 0.3) is 0 Å². The van der Waals surface area contributed by atoms with Crippen LogP contribution in [0.4, 0.5) is 0 Å². The standard InChI is InChI=1S/C16H18Br2O2S/c1-4-19-12-7-6-11(9-13(12)20-5-2)15(17)14-8-10(3)16(18)21-14/h6-9,15H,4-5H2,1-3H3. The highest BCUT2D eigenvalue weighted by Gasteiger charge is 2.17. The number of rotatable bonds is 6. The van der Waals surface area contributed by atoms with Crippen LogP contribution in [0.15, 0.2) is 28.1 Å². The van der Waals surface area contributed by atoms with Crippen LogP contribution in [0.3, 0.4) is 0 Å². The number of ether oxygens (including phenoxy) is 2. The van der Waals surface area contributed by atoms with E-state index in [1.807, 2.05) is 19.9 Å². The average Bonchev–Trinajstić information content (AvgIpc) is 2.80. The molecule has 0 fully saturated rings. The second-order valence-corrected chi connectivity index (χ2v) is 7.86. The summed E-state index contributed by atoms with van der Waals surface area (Å²) in [6.45, 7) is 7.32. The fourth-order valence-electron chi connectivity index (χ4n) is 2.00. The number of thiophene rings is 1. The first-order valence-corrected chi connectivity index (χ1v) is 9.38. The van der Waals surface area contributed by atoms with Crippen LogP contribution in [-0.4, -0.2) is 13.2 Å². The molecule has 0 spiro atoms. The maximum atomic E-state index is 5.69. The molecule has 0 aliphatic rings. The number of aryl methyl sites for hydroxylation is 1. The van der Waals surface area contributed by atoms with Gasteiger partial charge in [-0.05, 0) is 66.0 Å². The first-order valence-electron chi connectivity index (χ1n) is 6.86. The highest BCUT2D eigenvalue weighted by atomic mass is 79.9. The van der Waals surface area contributed by atoms with Gasteiger partial charge in [0.15, 0.2) is 11.5 Å². The Morgan fingerprint density at radius 2 is 1.76 bits per heavy atom. The van der Waals surface area contributed by atoms with E-state index in [9.17, 15) is 0 Å². The van der Waals surface area contributed by atoms with Crippen molar-refractivity contribution < 1.29 is 9.47 Å². The maximum absolute atomic E-state index is 5.69. The summed E-state index contributed by atoms with van der Waals surface area (Å²) >= 11 is 9.11. The molecular formula is C16H18Br2O2S. The van der Waals surface area contributed by atoms with Crippen molar-refractivity contribution in [1.29, 1.82) is 0 Å². The van der Waals surface area contributed by atoms with Gasteiger partial charge in [0, 0.05) is 4.88 Å². The van der Waals surface area contributed by atoms with Crippen LogP contribution < -0.4 is 9.47 Å². The van der Waals surface area contributed by atoms with Crippen LogP contribution in [0.2, 0.25) is 0 Å². The maximum Gasteiger partial charge on any atom is 0.161 e. The molecule has 1 heterocycles. The van der Waals surface area contributed by atoms with Gasteiger partial charge in [-0.1, -0.05) is 22.0 Å². The molecule has 1 atom stereocenters. The Hall–Kier alpha value is -0.520.